The summed E-state index contributed by atoms with van der Waals surface area (Å²) in [7, 11) is 3.70. The molecule has 0 aliphatic carbocycles. The van der Waals surface area contributed by atoms with Crippen LogP contribution in [-0.2, 0) is 17.4 Å². The molecule has 2 rings (SSSR count). The molecule has 0 radical (unpaired) electrons. The molecule has 0 aliphatic heterocycles. The summed E-state index contributed by atoms with van der Waals surface area (Å²) in [6.07, 6.45) is 0. The lowest BCUT2D eigenvalue weighted by Gasteiger charge is -2.28. The van der Waals surface area contributed by atoms with E-state index in [-0.39, 0.29) is 10.8 Å². The molecule has 0 amide bonds. The molecule has 1 aromatic carbocycles. The number of thiazole rings is 1. The van der Waals surface area contributed by atoms with E-state index in [4.69, 9.17) is 9.72 Å². The van der Waals surface area contributed by atoms with Gasteiger partial charge in [0.2, 0.25) is 0 Å². The summed E-state index contributed by atoms with van der Waals surface area (Å²) in [5, 5.41) is 6.38. The van der Waals surface area contributed by atoms with Crippen molar-refractivity contribution < 1.29 is 4.74 Å². The van der Waals surface area contributed by atoms with E-state index in [2.05, 4.69) is 64.4 Å². The van der Waals surface area contributed by atoms with Crippen LogP contribution >= 0.6 is 11.3 Å². The van der Waals surface area contributed by atoms with E-state index in [0.717, 1.165) is 28.6 Å². The molecule has 0 fully saturated rings. The van der Waals surface area contributed by atoms with Crippen LogP contribution in [0.15, 0.2) is 17.5 Å². The predicted molar refractivity (Wildman–Crippen MR) is 104 cm³/mol. The van der Waals surface area contributed by atoms with Gasteiger partial charge in [0, 0.05) is 23.1 Å². The van der Waals surface area contributed by atoms with Gasteiger partial charge in [-0.2, -0.15) is 0 Å². The molecule has 0 aliphatic rings. The van der Waals surface area contributed by atoms with E-state index in [1.807, 2.05) is 7.05 Å². The Hall–Kier alpha value is -1.39. The highest BCUT2D eigenvalue weighted by molar-refractivity contribution is 7.09. The molecule has 0 saturated carbocycles. The third kappa shape index (κ3) is 3.98. The standard InChI is InChI=1S/C20H30N2OS/c1-19(2,3)13-9-14(16-12-24-17(22-16)11-21-7)18(23-8)15(10-13)20(4,5)6/h9-10,12,21H,11H2,1-8H3. The van der Waals surface area contributed by atoms with Crippen LogP contribution in [-0.4, -0.2) is 19.1 Å². The normalized spacial score (nSPS) is 12.5. The van der Waals surface area contributed by atoms with Gasteiger partial charge in [0.25, 0.3) is 0 Å². The van der Waals surface area contributed by atoms with Gasteiger partial charge in [0.1, 0.15) is 10.8 Å². The number of nitrogens with one attached hydrogen (secondary N) is 1. The predicted octanol–water partition coefficient (Wildman–Crippen LogP) is 5.13. The third-order valence-electron chi connectivity index (χ3n) is 4.12. The number of methoxy groups -OCH3 is 1. The van der Waals surface area contributed by atoms with Gasteiger partial charge in [0.15, 0.2) is 0 Å². The van der Waals surface area contributed by atoms with Crippen molar-refractivity contribution in [3.05, 3.63) is 33.6 Å². The summed E-state index contributed by atoms with van der Waals surface area (Å²) in [5.74, 6) is 0.941. The van der Waals surface area contributed by atoms with E-state index < -0.39 is 0 Å². The van der Waals surface area contributed by atoms with Gasteiger partial charge in [0.05, 0.1) is 12.8 Å². The Kier molecular flexibility index (Phi) is 5.41. The van der Waals surface area contributed by atoms with Crippen LogP contribution in [0.1, 0.15) is 57.7 Å². The maximum atomic E-state index is 5.84. The molecule has 1 N–H and O–H groups in total. The topological polar surface area (TPSA) is 34.2 Å². The molecule has 0 unspecified atom stereocenters. The van der Waals surface area contributed by atoms with Gasteiger partial charge in [-0.15, -0.1) is 11.3 Å². The molecule has 0 spiro atoms. The minimum atomic E-state index is 0.00514. The number of rotatable bonds is 4. The molecular formula is C20H30N2OS. The molecule has 0 saturated heterocycles. The van der Waals surface area contributed by atoms with Crippen LogP contribution in [0.25, 0.3) is 11.3 Å². The number of aromatic nitrogens is 1. The first-order valence-electron chi connectivity index (χ1n) is 8.40. The van der Waals surface area contributed by atoms with Crippen LogP contribution in [0.2, 0.25) is 0 Å². The minimum Gasteiger partial charge on any atom is -0.496 e. The van der Waals surface area contributed by atoms with Gasteiger partial charge in [-0.1, -0.05) is 47.6 Å². The molecule has 24 heavy (non-hydrogen) atoms. The zero-order chi connectivity index (χ0) is 18.1. The van der Waals surface area contributed by atoms with Gasteiger partial charge >= 0.3 is 0 Å². The quantitative estimate of drug-likeness (QED) is 0.833. The average Bonchev–Trinajstić information content (AvgIpc) is 2.92. The number of ether oxygens (including phenoxy) is 1. The maximum absolute atomic E-state index is 5.84. The molecule has 132 valence electrons. The molecule has 3 nitrogen and oxygen atoms in total. The smallest absolute Gasteiger partial charge is 0.132 e. The molecule has 0 bridgehead atoms. The van der Waals surface area contributed by atoms with E-state index in [1.54, 1.807) is 18.4 Å². The first-order chi connectivity index (χ1) is 11.1. The Labute approximate surface area is 150 Å². The molecule has 2 aromatic rings. The minimum absolute atomic E-state index is 0.00514. The van der Waals surface area contributed by atoms with Gasteiger partial charge in [-0.3, -0.25) is 0 Å². The Morgan fingerprint density at radius 2 is 1.75 bits per heavy atom. The Balaban J connectivity index is 2.71. The van der Waals surface area contributed by atoms with Crippen molar-refractivity contribution in [2.45, 2.75) is 58.9 Å². The highest BCUT2D eigenvalue weighted by Gasteiger charge is 2.26. The second kappa shape index (κ2) is 6.85. The number of nitrogens with zero attached hydrogens (tertiary/aromatic N) is 1. The Bertz CT molecular complexity index is 705. The van der Waals surface area contributed by atoms with Crippen molar-refractivity contribution in [3.8, 4) is 17.0 Å². The third-order valence-corrected chi connectivity index (χ3v) is 4.97. The highest BCUT2D eigenvalue weighted by Crippen LogP contribution is 2.42. The maximum Gasteiger partial charge on any atom is 0.132 e. The largest absolute Gasteiger partial charge is 0.496 e. The number of benzene rings is 1. The fourth-order valence-corrected chi connectivity index (χ4v) is 3.50. The van der Waals surface area contributed by atoms with Crippen LogP contribution in [0.5, 0.6) is 5.75 Å². The SMILES string of the molecule is CNCc1nc(-c2cc(C(C)(C)C)cc(C(C)(C)C)c2OC)cs1. The fourth-order valence-electron chi connectivity index (χ4n) is 2.70. The van der Waals surface area contributed by atoms with Crippen molar-refractivity contribution in [1.29, 1.82) is 0 Å². The number of hydrogen-bond acceptors (Lipinski definition) is 4. The average molecular weight is 347 g/mol. The summed E-state index contributed by atoms with van der Waals surface area (Å²) in [4.78, 5) is 4.80. The molecule has 0 atom stereocenters. The second-order valence-corrected chi connectivity index (χ2v) is 9.20. The van der Waals surface area contributed by atoms with Gasteiger partial charge in [-0.05, 0) is 29.5 Å². The molecule has 4 heteroatoms. The summed E-state index contributed by atoms with van der Waals surface area (Å²) in [6, 6.07) is 4.54. The van der Waals surface area contributed by atoms with Crippen molar-refractivity contribution in [1.82, 2.24) is 10.3 Å². The zero-order valence-corrected chi connectivity index (χ0v) is 17.0. The first-order valence-corrected chi connectivity index (χ1v) is 9.28. The van der Waals surface area contributed by atoms with E-state index in [9.17, 15) is 0 Å². The van der Waals surface area contributed by atoms with Gasteiger partial charge in [-0.25, -0.2) is 4.98 Å². The lowest BCUT2D eigenvalue weighted by molar-refractivity contribution is 0.398. The van der Waals surface area contributed by atoms with Crippen molar-refractivity contribution in [2.24, 2.45) is 0 Å². The Morgan fingerprint density at radius 3 is 2.25 bits per heavy atom. The lowest BCUT2D eigenvalue weighted by atomic mass is 9.78. The van der Waals surface area contributed by atoms with Crippen molar-refractivity contribution >= 4 is 11.3 Å². The summed E-state index contributed by atoms with van der Waals surface area (Å²) < 4.78 is 5.84. The zero-order valence-electron chi connectivity index (χ0n) is 16.2. The van der Waals surface area contributed by atoms with Crippen LogP contribution in [0.4, 0.5) is 0 Å². The van der Waals surface area contributed by atoms with Crippen LogP contribution in [0.3, 0.4) is 0 Å². The van der Waals surface area contributed by atoms with E-state index in [0.29, 0.717) is 0 Å². The van der Waals surface area contributed by atoms with E-state index in [1.165, 1.54) is 11.1 Å². The van der Waals surface area contributed by atoms with E-state index >= 15 is 0 Å². The monoisotopic (exact) mass is 346 g/mol. The van der Waals surface area contributed by atoms with Crippen molar-refractivity contribution in [3.63, 3.8) is 0 Å². The summed E-state index contributed by atoms with van der Waals surface area (Å²) in [5.41, 5.74) is 4.71. The Morgan fingerprint density at radius 1 is 1.08 bits per heavy atom. The van der Waals surface area contributed by atoms with Gasteiger partial charge < -0.3 is 10.1 Å². The lowest BCUT2D eigenvalue weighted by Crippen LogP contribution is -2.18. The second-order valence-electron chi connectivity index (χ2n) is 8.26. The molecule has 1 aromatic heterocycles. The summed E-state index contributed by atoms with van der Waals surface area (Å²) >= 11 is 1.69. The van der Waals surface area contributed by atoms with Crippen LogP contribution in [0, 0.1) is 0 Å². The van der Waals surface area contributed by atoms with Crippen molar-refractivity contribution in [2.75, 3.05) is 14.2 Å². The number of hydrogen-bond donors (Lipinski definition) is 1. The first kappa shape index (κ1) is 18.9. The highest BCUT2D eigenvalue weighted by atomic mass is 32.1. The molecular weight excluding hydrogens is 316 g/mol. The van der Waals surface area contributed by atoms with Crippen LogP contribution < -0.4 is 10.1 Å². The fraction of sp³-hybridized carbons (Fsp3) is 0.550. The molecule has 1 heterocycles. The summed E-state index contributed by atoms with van der Waals surface area (Å²) in [6.45, 7) is 14.2.